The smallest absolute Gasteiger partial charge is 0.187 e. The van der Waals surface area contributed by atoms with Crippen molar-refractivity contribution in [2.24, 2.45) is 46.3 Å². The van der Waals surface area contributed by atoms with Gasteiger partial charge in [0.25, 0.3) is 0 Å². The van der Waals surface area contributed by atoms with Crippen molar-refractivity contribution >= 4 is 0 Å². The molecule has 10 N–H and O–H groups in total. The lowest BCUT2D eigenvalue weighted by Gasteiger charge is -2.60. The average molecular weight is 759 g/mol. The van der Waals surface area contributed by atoms with Gasteiger partial charge in [-0.05, 0) is 85.9 Å². The van der Waals surface area contributed by atoms with Crippen LogP contribution in [0.3, 0.4) is 0 Å². The third-order valence-electron chi connectivity index (χ3n) is 14.7. The SMILES string of the molecule is CC(C)CCC(O)[C@@H](C)[C@H]1C(O[C@@H]2O[C@H](CO)[C@H](O)[C@H](O)[C@H]2O)C[C@H]2[C@@H]3CC=C4CC(O)CC(O[C@@H]5O[C@H](CO)[C@@H](O)[C@H](O)[C@H]5O)[C@]4(C)[C@H]3CC[C@]12C. The van der Waals surface area contributed by atoms with Crippen molar-refractivity contribution < 1.29 is 70.0 Å². The van der Waals surface area contributed by atoms with E-state index in [9.17, 15) is 51.1 Å². The van der Waals surface area contributed by atoms with Crippen LogP contribution < -0.4 is 0 Å². The predicted molar refractivity (Wildman–Crippen MR) is 188 cm³/mol. The van der Waals surface area contributed by atoms with Gasteiger partial charge in [0.1, 0.15) is 48.8 Å². The van der Waals surface area contributed by atoms with Gasteiger partial charge >= 0.3 is 0 Å². The summed E-state index contributed by atoms with van der Waals surface area (Å²) in [6, 6.07) is 0. The number of hydrogen-bond acceptors (Lipinski definition) is 14. The molecule has 0 radical (unpaired) electrons. The van der Waals surface area contributed by atoms with Gasteiger partial charge in [-0.25, -0.2) is 0 Å². The molecule has 2 saturated heterocycles. The van der Waals surface area contributed by atoms with Crippen molar-refractivity contribution in [1.82, 2.24) is 0 Å². The minimum absolute atomic E-state index is 0.0794. The molecule has 6 aliphatic rings. The lowest BCUT2D eigenvalue weighted by molar-refractivity contribution is -0.324. The fourth-order valence-corrected chi connectivity index (χ4v) is 11.7. The monoisotopic (exact) mass is 758 g/mol. The van der Waals surface area contributed by atoms with Crippen molar-refractivity contribution in [3.63, 3.8) is 0 Å². The summed E-state index contributed by atoms with van der Waals surface area (Å²) in [7, 11) is 0. The summed E-state index contributed by atoms with van der Waals surface area (Å²) in [6.07, 6.45) is -9.27. The van der Waals surface area contributed by atoms with E-state index in [-0.39, 0.29) is 41.4 Å². The van der Waals surface area contributed by atoms with Gasteiger partial charge in [0.2, 0.25) is 0 Å². The van der Waals surface area contributed by atoms with E-state index in [4.69, 9.17) is 18.9 Å². The van der Waals surface area contributed by atoms with Gasteiger partial charge < -0.3 is 70.0 Å². The topological polar surface area (TPSA) is 239 Å². The Morgan fingerprint density at radius 2 is 1.36 bits per heavy atom. The summed E-state index contributed by atoms with van der Waals surface area (Å²) in [4.78, 5) is 0. The largest absolute Gasteiger partial charge is 0.394 e. The first-order valence-corrected chi connectivity index (χ1v) is 19.9. The minimum atomic E-state index is -1.59. The van der Waals surface area contributed by atoms with Gasteiger partial charge in [-0.1, -0.05) is 46.3 Å². The summed E-state index contributed by atoms with van der Waals surface area (Å²) >= 11 is 0. The van der Waals surface area contributed by atoms with Crippen molar-refractivity contribution in [2.75, 3.05) is 13.2 Å². The maximum atomic E-state index is 11.6. The second-order valence-corrected chi connectivity index (χ2v) is 18.1. The van der Waals surface area contributed by atoms with E-state index in [2.05, 4.69) is 40.7 Å². The molecule has 4 aliphatic carbocycles. The zero-order valence-electron chi connectivity index (χ0n) is 31.8. The standard InChI is InChI=1S/C39H66O14/c1-17(2)6-9-24(43)18(3)29-25(50-36-34(48)32(46)30(44)26(15-40)51-36)14-23-21-8-7-19-12-20(42)13-28(39(19,5)22(21)10-11-38(23,29)4)53-37-35(49)33(47)31(45)27(16-41)52-37/h7,17-18,20-37,40-49H,6,8-16H2,1-5H3/t18-,20?,21-,22+,23+,24?,25?,26-,27-,28?,29+,30+,31-,32+,33+,34-,35-,36-,37+,38+,39+/m1/s1. The number of allylic oxidation sites excluding steroid dienone is 1. The molecule has 0 bridgehead atoms. The van der Waals surface area contributed by atoms with Gasteiger partial charge in [-0.3, -0.25) is 0 Å². The maximum absolute atomic E-state index is 11.6. The fraction of sp³-hybridized carbons (Fsp3) is 0.949. The highest BCUT2D eigenvalue weighted by Crippen LogP contribution is 2.68. The van der Waals surface area contributed by atoms with Gasteiger partial charge in [-0.2, -0.15) is 0 Å². The van der Waals surface area contributed by atoms with Gasteiger partial charge in [0.05, 0.1) is 37.6 Å². The van der Waals surface area contributed by atoms with Crippen LogP contribution in [0.15, 0.2) is 11.6 Å². The Bertz CT molecular complexity index is 1260. The zero-order valence-corrected chi connectivity index (χ0v) is 31.8. The van der Waals surface area contributed by atoms with E-state index in [0.717, 1.165) is 31.3 Å². The first kappa shape index (κ1) is 41.8. The van der Waals surface area contributed by atoms with Crippen molar-refractivity contribution in [3.8, 4) is 0 Å². The molecule has 2 heterocycles. The average Bonchev–Trinajstić information content (AvgIpc) is 3.42. The summed E-state index contributed by atoms with van der Waals surface area (Å²) in [5.74, 6) is 0.371. The van der Waals surface area contributed by atoms with Crippen LogP contribution in [-0.4, -0.2) is 150 Å². The zero-order chi connectivity index (χ0) is 38.7. The molecule has 6 rings (SSSR count). The second-order valence-electron chi connectivity index (χ2n) is 18.1. The molecule has 0 spiro atoms. The van der Waals surface area contributed by atoms with Crippen LogP contribution in [0, 0.1) is 46.3 Å². The first-order chi connectivity index (χ1) is 25.0. The van der Waals surface area contributed by atoms with Crippen LogP contribution in [0.4, 0.5) is 0 Å². The van der Waals surface area contributed by atoms with Gasteiger partial charge in [-0.15, -0.1) is 0 Å². The van der Waals surface area contributed by atoms with Crippen LogP contribution >= 0.6 is 0 Å². The predicted octanol–water partition coefficient (Wildman–Crippen LogP) is -0.0505. The Morgan fingerprint density at radius 1 is 0.774 bits per heavy atom. The number of rotatable bonds is 11. The van der Waals surface area contributed by atoms with E-state index >= 15 is 0 Å². The number of aliphatic hydroxyl groups is 10. The molecule has 0 amide bonds. The second kappa shape index (κ2) is 16.2. The first-order valence-electron chi connectivity index (χ1n) is 19.9. The van der Waals surface area contributed by atoms with Crippen LogP contribution in [0.5, 0.6) is 0 Å². The molecule has 306 valence electrons. The summed E-state index contributed by atoms with van der Waals surface area (Å²) in [6.45, 7) is 9.58. The van der Waals surface area contributed by atoms with E-state index in [1.165, 1.54) is 0 Å². The number of ether oxygens (including phenoxy) is 4. The Morgan fingerprint density at radius 3 is 1.92 bits per heavy atom. The van der Waals surface area contributed by atoms with E-state index in [1.54, 1.807) is 0 Å². The van der Waals surface area contributed by atoms with Crippen molar-refractivity contribution in [1.29, 1.82) is 0 Å². The Labute approximate surface area is 312 Å². The molecule has 2 aliphatic heterocycles. The molecule has 21 atom stereocenters. The highest BCUT2D eigenvalue weighted by Gasteiger charge is 2.65. The van der Waals surface area contributed by atoms with Crippen LogP contribution in [-0.2, 0) is 18.9 Å². The Kier molecular flexibility index (Phi) is 12.8. The molecule has 0 aromatic heterocycles. The summed E-state index contributed by atoms with van der Waals surface area (Å²) in [5.41, 5.74) is 0.176. The third kappa shape index (κ3) is 7.42. The van der Waals surface area contributed by atoms with E-state index < -0.39 is 104 Å². The van der Waals surface area contributed by atoms with Crippen molar-refractivity contribution in [3.05, 3.63) is 11.6 Å². The van der Waals surface area contributed by atoms with Gasteiger partial charge in [0.15, 0.2) is 12.6 Å². The molecule has 0 aromatic carbocycles. The molecule has 14 heteroatoms. The molecule has 0 aromatic rings. The van der Waals surface area contributed by atoms with Crippen LogP contribution in [0.1, 0.15) is 86.0 Å². The maximum Gasteiger partial charge on any atom is 0.187 e. The lowest BCUT2D eigenvalue weighted by atomic mass is 9.46. The molecule has 4 unspecified atom stereocenters. The Hall–Kier alpha value is -0.820. The molecule has 5 fully saturated rings. The highest BCUT2D eigenvalue weighted by atomic mass is 16.7. The minimum Gasteiger partial charge on any atom is -0.394 e. The third-order valence-corrected chi connectivity index (χ3v) is 14.7. The van der Waals surface area contributed by atoms with Crippen LogP contribution in [0.25, 0.3) is 0 Å². The lowest BCUT2D eigenvalue weighted by Crippen LogP contribution is -2.62. The molecule has 3 saturated carbocycles. The van der Waals surface area contributed by atoms with E-state index in [1.807, 2.05) is 0 Å². The number of hydrogen-bond donors (Lipinski definition) is 10. The summed E-state index contributed by atoms with van der Waals surface area (Å²) in [5, 5.41) is 106. The molecular formula is C39H66O14. The highest BCUT2D eigenvalue weighted by molar-refractivity contribution is 5.28. The normalized spacial score (nSPS) is 51.2. The molecular weight excluding hydrogens is 692 g/mol. The Balaban J connectivity index is 1.31. The molecule has 53 heavy (non-hydrogen) atoms. The fourth-order valence-electron chi connectivity index (χ4n) is 11.7. The van der Waals surface area contributed by atoms with Crippen molar-refractivity contribution in [2.45, 2.75) is 172 Å². The van der Waals surface area contributed by atoms with Crippen LogP contribution in [0.2, 0.25) is 0 Å². The molecule has 14 nitrogen and oxygen atoms in total. The summed E-state index contributed by atoms with van der Waals surface area (Å²) < 4.78 is 24.8. The number of aliphatic hydroxyl groups excluding tert-OH is 10. The van der Waals surface area contributed by atoms with Gasteiger partial charge in [0, 0.05) is 11.8 Å². The van der Waals surface area contributed by atoms with E-state index in [0.29, 0.717) is 25.2 Å². The quantitative estimate of drug-likeness (QED) is 0.124. The number of fused-ring (bicyclic) bond motifs is 5.